The zero-order valence-corrected chi connectivity index (χ0v) is 8.54. The van der Waals surface area contributed by atoms with Crippen molar-refractivity contribution in [2.24, 2.45) is 5.73 Å². The summed E-state index contributed by atoms with van der Waals surface area (Å²) in [5.41, 5.74) is 7.83. The van der Waals surface area contributed by atoms with Crippen LogP contribution in [0, 0.1) is 0 Å². The molecule has 1 aromatic rings. The van der Waals surface area contributed by atoms with Gasteiger partial charge in [-0.2, -0.15) is 0 Å². The number of hydrogen-bond donors (Lipinski definition) is 1. The third-order valence-electron chi connectivity index (χ3n) is 2.52. The highest BCUT2D eigenvalue weighted by Crippen LogP contribution is 2.34. The summed E-state index contributed by atoms with van der Waals surface area (Å²) in [5, 5.41) is 0. The van der Waals surface area contributed by atoms with Gasteiger partial charge in [0.05, 0.1) is 7.11 Å². The standard InChI is InChI=1S/C11H15NO2/c1-7-3-8-4-10(13-2)9(6-12)5-11(8)14-7/h4-5,7H,3,6,12H2,1-2H3/t7-/m1/s1. The van der Waals surface area contributed by atoms with E-state index in [4.69, 9.17) is 15.2 Å². The van der Waals surface area contributed by atoms with Crippen LogP contribution in [0.4, 0.5) is 0 Å². The lowest BCUT2D eigenvalue weighted by molar-refractivity contribution is 0.254. The molecule has 0 radical (unpaired) electrons. The number of methoxy groups -OCH3 is 1. The summed E-state index contributed by atoms with van der Waals surface area (Å²) >= 11 is 0. The number of fused-ring (bicyclic) bond motifs is 1. The molecule has 0 unspecified atom stereocenters. The van der Waals surface area contributed by atoms with Crippen LogP contribution in [-0.2, 0) is 13.0 Å². The third-order valence-corrected chi connectivity index (χ3v) is 2.52. The molecule has 76 valence electrons. The van der Waals surface area contributed by atoms with E-state index in [2.05, 4.69) is 6.92 Å². The van der Waals surface area contributed by atoms with E-state index < -0.39 is 0 Å². The predicted molar refractivity (Wildman–Crippen MR) is 54.7 cm³/mol. The molecule has 1 aromatic carbocycles. The predicted octanol–water partition coefficient (Wildman–Crippen LogP) is 1.48. The smallest absolute Gasteiger partial charge is 0.123 e. The van der Waals surface area contributed by atoms with Gasteiger partial charge in [0.1, 0.15) is 17.6 Å². The molecule has 3 nitrogen and oxygen atoms in total. The van der Waals surface area contributed by atoms with Crippen LogP contribution in [0.25, 0.3) is 0 Å². The van der Waals surface area contributed by atoms with Gasteiger partial charge in [0.25, 0.3) is 0 Å². The quantitative estimate of drug-likeness (QED) is 0.773. The number of nitrogens with two attached hydrogens (primary N) is 1. The molecular formula is C11H15NO2. The lowest BCUT2D eigenvalue weighted by Crippen LogP contribution is -2.05. The van der Waals surface area contributed by atoms with Crippen LogP contribution >= 0.6 is 0 Å². The molecule has 1 heterocycles. The van der Waals surface area contributed by atoms with Crippen LogP contribution in [0.1, 0.15) is 18.1 Å². The van der Waals surface area contributed by atoms with Crippen LogP contribution in [0.2, 0.25) is 0 Å². The minimum absolute atomic E-state index is 0.266. The van der Waals surface area contributed by atoms with Crippen molar-refractivity contribution < 1.29 is 9.47 Å². The molecule has 2 N–H and O–H groups in total. The molecule has 1 aliphatic rings. The molecule has 0 aliphatic carbocycles. The summed E-state index contributed by atoms with van der Waals surface area (Å²) in [5.74, 6) is 1.82. The summed E-state index contributed by atoms with van der Waals surface area (Å²) in [4.78, 5) is 0. The minimum Gasteiger partial charge on any atom is -0.496 e. The number of benzene rings is 1. The van der Waals surface area contributed by atoms with Crippen LogP contribution in [-0.4, -0.2) is 13.2 Å². The Bertz CT molecular complexity index is 316. The van der Waals surface area contributed by atoms with Crippen LogP contribution in [0.15, 0.2) is 12.1 Å². The monoisotopic (exact) mass is 193 g/mol. The first-order valence-corrected chi connectivity index (χ1v) is 4.81. The van der Waals surface area contributed by atoms with Crippen molar-refractivity contribution in [2.45, 2.75) is 26.0 Å². The van der Waals surface area contributed by atoms with E-state index in [1.807, 2.05) is 12.1 Å². The van der Waals surface area contributed by atoms with Crippen molar-refractivity contribution >= 4 is 0 Å². The summed E-state index contributed by atoms with van der Waals surface area (Å²) < 4.78 is 10.9. The largest absolute Gasteiger partial charge is 0.496 e. The van der Waals surface area contributed by atoms with E-state index in [1.54, 1.807) is 7.11 Å². The Balaban J connectivity index is 2.43. The first-order chi connectivity index (χ1) is 6.74. The van der Waals surface area contributed by atoms with Crippen molar-refractivity contribution in [1.82, 2.24) is 0 Å². The normalized spacial score (nSPS) is 18.9. The Morgan fingerprint density at radius 1 is 1.57 bits per heavy atom. The zero-order chi connectivity index (χ0) is 10.1. The van der Waals surface area contributed by atoms with Crippen molar-refractivity contribution in [3.63, 3.8) is 0 Å². The van der Waals surface area contributed by atoms with E-state index in [1.165, 1.54) is 5.56 Å². The van der Waals surface area contributed by atoms with Gasteiger partial charge in [-0.05, 0) is 19.1 Å². The number of rotatable bonds is 2. The maximum atomic E-state index is 5.64. The highest BCUT2D eigenvalue weighted by molar-refractivity contribution is 5.48. The second-order valence-electron chi connectivity index (χ2n) is 3.61. The molecule has 0 amide bonds. The van der Waals surface area contributed by atoms with Gasteiger partial charge in [-0.25, -0.2) is 0 Å². The number of ether oxygens (including phenoxy) is 2. The fraction of sp³-hybridized carbons (Fsp3) is 0.455. The first-order valence-electron chi connectivity index (χ1n) is 4.81. The lowest BCUT2D eigenvalue weighted by Gasteiger charge is -2.08. The van der Waals surface area contributed by atoms with E-state index in [0.29, 0.717) is 6.54 Å². The highest BCUT2D eigenvalue weighted by Gasteiger charge is 2.21. The van der Waals surface area contributed by atoms with Crippen LogP contribution in [0.5, 0.6) is 11.5 Å². The molecule has 3 heteroatoms. The Morgan fingerprint density at radius 2 is 2.36 bits per heavy atom. The SMILES string of the molecule is COc1cc2c(cc1CN)O[C@H](C)C2. The Kier molecular flexibility index (Phi) is 2.33. The molecule has 0 aromatic heterocycles. The Hall–Kier alpha value is -1.22. The Labute approximate surface area is 83.8 Å². The molecule has 2 rings (SSSR count). The van der Waals surface area contributed by atoms with Gasteiger partial charge in [0.15, 0.2) is 0 Å². The second-order valence-corrected chi connectivity index (χ2v) is 3.61. The van der Waals surface area contributed by atoms with Gasteiger partial charge in [-0.1, -0.05) is 0 Å². The molecule has 0 bridgehead atoms. The van der Waals surface area contributed by atoms with E-state index in [0.717, 1.165) is 23.5 Å². The fourth-order valence-electron chi connectivity index (χ4n) is 1.83. The second kappa shape index (κ2) is 3.50. The molecule has 0 spiro atoms. The topological polar surface area (TPSA) is 44.5 Å². The average Bonchev–Trinajstić information content (AvgIpc) is 2.54. The third kappa shape index (κ3) is 1.44. The number of hydrogen-bond acceptors (Lipinski definition) is 3. The van der Waals surface area contributed by atoms with E-state index in [9.17, 15) is 0 Å². The van der Waals surface area contributed by atoms with Gasteiger partial charge in [-0.15, -0.1) is 0 Å². The van der Waals surface area contributed by atoms with Crippen molar-refractivity contribution in [3.05, 3.63) is 23.3 Å². The van der Waals surface area contributed by atoms with Crippen molar-refractivity contribution in [2.75, 3.05) is 7.11 Å². The van der Waals surface area contributed by atoms with Gasteiger partial charge >= 0.3 is 0 Å². The maximum Gasteiger partial charge on any atom is 0.123 e. The van der Waals surface area contributed by atoms with Crippen molar-refractivity contribution in [1.29, 1.82) is 0 Å². The summed E-state index contributed by atoms with van der Waals surface area (Å²) in [6.07, 6.45) is 1.22. The average molecular weight is 193 g/mol. The van der Waals surface area contributed by atoms with Gasteiger partial charge in [-0.3, -0.25) is 0 Å². The molecule has 14 heavy (non-hydrogen) atoms. The van der Waals surface area contributed by atoms with E-state index >= 15 is 0 Å². The van der Waals surface area contributed by atoms with E-state index in [-0.39, 0.29) is 6.10 Å². The highest BCUT2D eigenvalue weighted by atomic mass is 16.5. The molecular weight excluding hydrogens is 178 g/mol. The van der Waals surface area contributed by atoms with Gasteiger partial charge in [0.2, 0.25) is 0 Å². The maximum absolute atomic E-state index is 5.64. The summed E-state index contributed by atoms with van der Waals surface area (Å²) in [6, 6.07) is 4.01. The summed E-state index contributed by atoms with van der Waals surface area (Å²) in [6.45, 7) is 2.54. The molecule has 0 saturated heterocycles. The van der Waals surface area contributed by atoms with Crippen LogP contribution < -0.4 is 15.2 Å². The van der Waals surface area contributed by atoms with Gasteiger partial charge in [0, 0.05) is 24.1 Å². The molecule has 1 atom stereocenters. The molecule has 0 saturated carbocycles. The summed E-state index contributed by atoms with van der Waals surface area (Å²) in [7, 11) is 1.67. The first kappa shape index (κ1) is 9.34. The molecule has 1 aliphatic heterocycles. The minimum atomic E-state index is 0.266. The van der Waals surface area contributed by atoms with Crippen molar-refractivity contribution in [3.8, 4) is 11.5 Å². The fourth-order valence-corrected chi connectivity index (χ4v) is 1.83. The molecule has 0 fully saturated rings. The zero-order valence-electron chi connectivity index (χ0n) is 8.54. The van der Waals surface area contributed by atoms with Gasteiger partial charge < -0.3 is 15.2 Å². The van der Waals surface area contributed by atoms with Crippen LogP contribution in [0.3, 0.4) is 0 Å². The lowest BCUT2D eigenvalue weighted by atomic mass is 10.1. The Morgan fingerprint density at radius 3 is 3.00 bits per heavy atom.